The number of hydrogen-bond donors (Lipinski definition) is 1. The number of aliphatic hydroxyl groups is 1. The van der Waals surface area contributed by atoms with Crippen molar-refractivity contribution in [1.29, 1.82) is 5.26 Å². The van der Waals surface area contributed by atoms with Crippen molar-refractivity contribution in [3.8, 4) is 6.07 Å². The monoisotopic (exact) mass is 459 g/mol. The van der Waals surface area contributed by atoms with Crippen molar-refractivity contribution >= 4 is 23.1 Å². The first-order valence-corrected chi connectivity index (χ1v) is 13.4. The molecule has 7 atom stereocenters. The van der Waals surface area contributed by atoms with E-state index in [-0.39, 0.29) is 22.4 Å². The van der Waals surface area contributed by atoms with Gasteiger partial charge in [-0.3, -0.25) is 4.79 Å². The van der Waals surface area contributed by atoms with E-state index in [4.69, 9.17) is 0 Å². The summed E-state index contributed by atoms with van der Waals surface area (Å²) in [6.45, 7) is 8.51. The number of fused-ring (bicyclic) bond motifs is 4. The third-order valence-electron chi connectivity index (χ3n) is 10.3. The van der Waals surface area contributed by atoms with Gasteiger partial charge in [0.2, 0.25) is 0 Å². The molecular formula is C29H33NO2S. The summed E-state index contributed by atoms with van der Waals surface area (Å²) in [7, 11) is 0. The van der Waals surface area contributed by atoms with Crippen LogP contribution in [0.1, 0.15) is 82.3 Å². The minimum absolute atomic E-state index is 0.000540. The van der Waals surface area contributed by atoms with Crippen molar-refractivity contribution < 1.29 is 9.90 Å². The lowest BCUT2D eigenvalue weighted by Crippen LogP contribution is -2.60. The number of allylic oxidation sites excluding steroid dienone is 1. The van der Waals surface area contributed by atoms with Crippen LogP contribution in [0.5, 0.6) is 0 Å². The highest BCUT2D eigenvalue weighted by molar-refractivity contribution is 8.01. The number of hydrogen-bond acceptors (Lipinski definition) is 4. The number of ketones is 1. The number of rotatable bonds is 2. The largest absolute Gasteiger partial charge is 0.388 e. The highest BCUT2D eigenvalue weighted by Gasteiger charge is 2.68. The van der Waals surface area contributed by atoms with Gasteiger partial charge in [-0.15, -0.1) is 11.8 Å². The van der Waals surface area contributed by atoms with E-state index < -0.39 is 5.60 Å². The molecular weight excluding hydrogens is 426 g/mol. The van der Waals surface area contributed by atoms with Crippen LogP contribution in [0.25, 0.3) is 5.57 Å². The van der Waals surface area contributed by atoms with Crippen molar-refractivity contribution in [3.63, 3.8) is 0 Å². The molecule has 0 aromatic heterocycles. The van der Waals surface area contributed by atoms with Crippen LogP contribution in [-0.4, -0.2) is 21.2 Å². The Hall–Kier alpha value is -1.83. The summed E-state index contributed by atoms with van der Waals surface area (Å²) >= 11 is 2.03. The molecule has 3 nitrogen and oxygen atoms in total. The Morgan fingerprint density at radius 1 is 1.30 bits per heavy atom. The maximum absolute atomic E-state index is 12.5. The van der Waals surface area contributed by atoms with Gasteiger partial charge < -0.3 is 5.11 Å². The maximum Gasteiger partial charge on any atom is 0.155 e. The van der Waals surface area contributed by atoms with Crippen molar-refractivity contribution in [1.82, 2.24) is 0 Å². The maximum atomic E-state index is 12.5. The Morgan fingerprint density at radius 2 is 2.12 bits per heavy atom. The number of nitriles is 1. The molecule has 1 aromatic rings. The Labute approximate surface area is 201 Å². The first kappa shape index (κ1) is 21.7. The SMILES string of the molecule is C=C(C)c1ccc2c(c1)S[C@]13CCC(=O)C=C1CC[C@@H]1C3[C@@H]2C[C@@]2(C)[C@H]1CC[C@@]2(O)CC#N. The number of carbonyl (C=O) groups excluding carboxylic acids is 1. The third kappa shape index (κ3) is 2.76. The first-order chi connectivity index (χ1) is 15.7. The molecule has 33 heavy (non-hydrogen) atoms. The Bertz CT molecular complexity index is 1150. The average Bonchev–Trinajstić information content (AvgIpc) is 3.04. The van der Waals surface area contributed by atoms with Crippen LogP contribution in [0.15, 0.2) is 41.3 Å². The van der Waals surface area contributed by atoms with Gasteiger partial charge in [-0.25, -0.2) is 0 Å². The third-order valence-corrected chi connectivity index (χ3v) is 12.0. The fourth-order valence-corrected chi connectivity index (χ4v) is 10.6. The van der Waals surface area contributed by atoms with Gasteiger partial charge in [0.05, 0.1) is 18.1 Å². The van der Waals surface area contributed by atoms with E-state index in [9.17, 15) is 15.2 Å². The van der Waals surface area contributed by atoms with Crippen LogP contribution < -0.4 is 0 Å². The molecule has 172 valence electrons. The topological polar surface area (TPSA) is 61.1 Å². The van der Waals surface area contributed by atoms with Gasteiger partial charge in [0, 0.05) is 21.5 Å². The molecule has 6 rings (SSSR count). The lowest BCUT2D eigenvalue weighted by molar-refractivity contribution is -0.123. The summed E-state index contributed by atoms with van der Waals surface area (Å²) < 4.78 is -0.000540. The lowest BCUT2D eigenvalue weighted by Gasteiger charge is -2.64. The van der Waals surface area contributed by atoms with Gasteiger partial charge in [0.1, 0.15) is 0 Å². The summed E-state index contributed by atoms with van der Waals surface area (Å²) in [5.41, 5.74) is 3.90. The molecule has 1 heterocycles. The average molecular weight is 460 g/mol. The fourth-order valence-electron chi connectivity index (χ4n) is 8.70. The Kier molecular flexibility index (Phi) is 4.66. The minimum Gasteiger partial charge on any atom is -0.388 e. The number of carbonyl (C=O) groups is 1. The summed E-state index contributed by atoms with van der Waals surface area (Å²) in [5, 5.41) is 21.3. The van der Waals surface area contributed by atoms with E-state index in [1.54, 1.807) is 0 Å². The van der Waals surface area contributed by atoms with E-state index in [0.717, 1.165) is 44.1 Å². The summed E-state index contributed by atoms with van der Waals surface area (Å²) in [4.78, 5) is 13.8. The number of benzene rings is 1. The van der Waals surface area contributed by atoms with Crippen LogP contribution in [-0.2, 0) is 4.79 Å². The van der Waals surface area contributed by atoms with E-state index in [1.165, 1.54) is 21.6 Å². The molecule has 4 aliphatic carbocycles. The highest BCUT2D eigenvalue weighted by atomic mass is 32.2. The molecule has 1 aromatic carbocycles. The molecule has 1 spiro atoms. The molecule has 1 unspecified atom stereocenters. The smallest absolute Gasteiger partial charge is 0.155 e. The zero-order chi connectivity index (χ0) is 23.2. The normalized spacial score (nSPS) is 42.8. The van der Waals surface area contributed by atoms with Crippen LogP contribution in [0, 0.1) is 34.5 Å². The zero-order valence-electron chi connectivity index (χ0n) is 19.7. The predicted molar refractivity (Wildman–Crippen MR) is 132 cm³/mol. The van der Waals surface area contributed by atoms with E-state index in [2.05, 4.69) is 44.7 Å². The predicted octanol–water partition coefficient (Wildman–Crippen LogP) is 6.43. The van der Waals surface area contributed by atoms with Gasteiger partial charge in [-0.2, -0.15) is 5.26 Å². The van der Waals surface area contributed by atoms with Crippen LogP contribution in [0.2, 0.25) is 0 Å². The van der Waals surface area contributed by atoms with Gasteiger partial charge in [0.25, 0.3) is 0 Å². The summed E-state index contributed by atoms with van der Waals surface area (Å²) in [6, 6.07) is 9.15. The highest BCUT2D eigenvalue weighted by Crippen LogP contribution is 2.74. The standard InChI is InChI=1S/C29H33NO2S/c1-17(2)18-4-6-21-23-16-27(3)24(9-10-28(27,32)12-13-30)22-7-5-19-15-20(31)8-11-29(19,26(22)23)33-25(21)14-18/h4,6,14-15,22-24,26,32H,1,5,7-12,16H2,2-3H3/t22-,23+,24-,26?,27-,28+,29+/m0/s1. The molecule has 0 radical (unpaired) electrons. The molecule has 5 aliphatic rings. The molecule has 4 heteroatoms. The Morgan fingerprint density at radius 3 is 2.88 bits per heavy atom. The second kappa shape index (κ2) is 7.09. The zero-order valence-corrected chi connectivity index (χ0v) is 20.5. The summed E-state index contributed by atoms with van der Waals surface area (Å²) in [6.07, 6.45) is 8.57. The fraction of sp³-hybridized carbons (Fsp3) is 0.586. The van der Waals surface area contributed by atoms with E-state index in [0.29, 0.717) is 30.1 Å². The summed E-state index contributed by atoms with van der Waals surface area (Å²) in [5.74, 6) is 2.13. The molecule has 0 amide bonds. The van der Waals surface area contributed by atoms with Gasteiger partial charge >= 0.3 is 0 Å². The van der Waals surface area contributed by atoms with Crippen molar-refractivity contribution in [2.75, 3.05) is 0 Å². The van der Waals surface area contributed by atoms with E-state index >= 15 is 0 Å². The minimum atomic E-state index is -0.897. The molecule has 0 bridgehead atoms. The quantitative estimate of drug-likeness (QED) is 0.554. The van der Waals surface area contributed by atoms with Crippen molar-refractivity contribution in [3.05, 3.63) is 47.6 Å². The van der Waals surface area contributed by atoms with Crippen LogP contribution in [0.4, 0.5) is 0 Å². The van der Waals surface area contributed by atoms with Gasteiger partial charge in [0.15, 0.2) is 5.78 Å². The molecule has 3 saturated carbocycles. The van der Waals surface area contributed by atoms with Crippen LogP contribution in [0.3, 0.4) is 0 Å². The van der Waals surface area contributed by atoms with Crippen molar-refractivity contribution in [2.45, 2.75) is 86.4 Å². The second-order valence-electron chi connectivity index (χ2n) is 11.6. The molecule has 1 aliphatic heterocycles. The Balaban J connectivity index is 1.55. The molecule has 3 fully saturated rings. The van der Waals surface area contributed by atoms with Gasteiger partial charge in [-0.1, -0.05) is 31.2 Å². The number of nitrogens with zero attached hydrogens (tertiary/aromatic N) is 1. The second-order valence-corrected chi connectivity index (χ2v) is 13.0. The van der Waals surface area contributed by atoms with Gasteiger partial charge in [-0.05, 0) is 98.0 Å². The van der Waals surface area contributed by atoms with Crippen LogP contribution >= 0.6 is 11.8 Å². The van der Waals surface area contributed by atoms with Crippen molar-refractivity contribution in [2.24, 2.45) is 23.2 Å². The van der Waals surface area contributed by atoms with E-state index in [1.807, 2.05) is 17.8 Å². The first-order valence-electron chi connectivity index (χ1n) is 12.5. The number of thioether (sulfide) groups is 1. The molecule has 0 saturated heterocycles. The lowest BCUT2D eigenvalue weighted by atomic mass is 9.46. The molecule has 1 N–H and O–H groups in total.